The highest BCUT2D eigenvalue weighted by atomic mass is 16.2. The van der Waals surface area contributed by atoms with Crippen molar-refractivity contribution in [2.24, 2.45) is 0 Å². The lowest BCUT2D eigenvalue weighted by Crippen LogP contribution is -2.41. The van der Waals surface area contributed by atoms with Crippen molar-refractivity contribution >= 4 is 5.91 Å². The van der Waals surface area contributed by atoms with Gasteiger partial charge in [0.25, 0.3) is 0 Å². The number of carbonyl (C=O) groups is 1. The number of amides is 1. The lowest BCUT2D eigenvalue weighted by molar-refractivity contribution is -0.123. The first-order valence-corrected chi connectivity index (χ1v) is 7.67. The van der Waals surface area contributed by atoms with Crippen molar-refractivity contribution < 1.29 is 4.79 Å². The summed E-state index contributed by atoms with van der Waals surface area (Å²) in [5.74, 6) is 0.151. The van der Waals surface area contributed by atoms with Crippen LogP contribution in [0, 0.1) is 6.92 Å². The molecule has 0 aliphatic heterocycles. The highest BCUT2D eigenvalue weighted by Crippen LogP contribution is 2.28. The lowest BCUT2D eigenvalue weighted by Gasteiger charge is -2.22. The molecule has 3 heteroatoms. The van der Waals surface area contributed by atoms with Gasteiger partial charge in [-0.3, -0.25) is 9.69 Å². The summed E-state index contributed by atoms with van der Waals surface area (Å²) in [6.07, 6.45) is 3.43. The first kappa shape index (κ1) is 15.0. The van der Waals surface area contributed by atoms with Crippen LogP contribution in [0.3, 0.4) is 0 Å². The van der Waals surface area contributed by atoms with Gasteiger partial charge in [-0.15, -0.1) is 0 Å². The van der Waals surface area contributed by atoms with Gasteiger partial charge in [0.15, 0.2) is 0 Å². The maximum absolute atomic E-state index is 12.0. The second-order valence-electron chi connectivity index (χ2n) is 6.00. The molecule has 1 amide bonds. The summed E-state index contributed by atoms with van der Waals surface area (Å²) in [5, 5.41) is 3.06. The topological polar surface area (TPSA) is 32.3 Å². The summed E-state index contributed by atoms with van der Waals surface area (Å²) in [7, 11) is 0. The molecule has 1 atom stereocenters. The number of aryl methyl sites for hydroxylation is 1. The van der Waals surface area contributed by atoms with E-state index in [0.717, 1.165) is 13.0 Å². The fourth-order valence-corrected chi connectivity index (χ4v) is 2.29. The zero-order valence-corrected chi connectivity index (χ0v) is 12.9. The van der Waals surface area contributed by atoms with Gasteiger partial charge in [0.2, 0.25) is 5.91 Å². The Labute approximate surface area is 122 Å². The molecule has 0 unspecified atom stereocenters. The molecule has 0 bridgehead atoms. The summed E-state index contributed by atoms with van der Waals surface area (Å²) in [6.45, 7) is 7.64. The van der Waals surface area contributed by atoms with Crippen molar-refractivity contribution in [3.8, 4) is 0 Å². The van der Waals surface area contributed by atoms with Crippen LogP contribution in [0.4, 0.5) is 0 Å². The zero-order chi connectivity index (χ0) is 14.5. The Morgan fingerprint density at radius 3 is 2.55 bits per heavy atom. The molecule has 1 aromatic carbocycles. The minimum atomic E-state index is 0.151. The molecule has 1 N–H and O–H groups in total. The summed E-state index contributed by atoms with van der Waals surface area (Å²) in [5.41, 5.74) is 2.57. The van der Waals surface area contributed by atoms with Gasteiger partial charge < -0.3 is 5.32 Å². The van der Waals surface area contributed by atoms with Crippen LogP contribution in [0.25, 0.3) is 0 Å². The summed E-state index contributed by atoms with van der Waals surface area (Å²) >= 11 is 0. The molecule has 0 spiro atoms. The average molecular weight is 274 g/mol. The highest BCUT2D eigenvalue weighted by molar-refractivity contribution is 5.78. The third-order valence-corrected chi connectivity index (χ3v) is 3.94. The number of benzene rings is 1. The predicted molar refractivity (Wildman–Crippen MR) is 82.5 cm³/mol. The lowest BCUT2D eigenvalue weighted by atomic mass is 10.1. The molecule has 0 heterocycles. The monoisotopic (exact) mass is 274 g/mol. The minimum absolute atomic E-state index is 0.151. The van der Waals surface area contributed by atoms with Crippen LogP contribution in [0.15, 0.2) is 24.3 Å². The first-order valence-electron chi connectivity index (χ1n) is 7.67. The van der Waals surface area contributed by atoms with E-state index in [9.17, 15) is 4.79 Å². The maximum Gasteiger partial charge on any atom is 0.234 e. The van der Waals surface area contributed by atoms with Crippen LogP contribution in [0.2, 0.25) is 0 Å². The highest BCUT2D eigenvalue weighted by Gasteiger charge is 2.30. The largest absolute Gasteiger partial charge is 0.353 e. The van der Waals surface area contributed by atoms with Crippen LogP contribution in [0.5, 0.6) is 0 Å². The van der Waals surface area contributed by atoms with E-state index in [1.54, 1.807) is 0 Å². The molecule has 1 aliphatic rings. The van der Waals surface area contributed by atoms with Crippen molar-refractivity contribution in [3.63, 3.8) is 0 Å². The van der Waals surface area contributed by atoms with Gasteiger partial charge in [-0.2, -0.15) is 0 Å². The smallest absolute Gasteiger partial charge is 0.234 e. The van der Waals surface area contributed by atoms with E-state index >= 15 is 0 Å². The Morgan fingerprint density at radius 1 is 1.35 bits per heavy atom. The Hall–Kier alpha value is -1.35. The van der Waals surface area contributed by atoms with E-state index in [-0.39, 0.29) is 11.9 Å². The Kier molecular flexibility index (Phi) is 5.18. The van der Waals surface area contributed by atoms with Gasteiger partial charge in [0.05, 0.1) is 6.54 Å². The van der Waals surface area contributed by atoms with Crippen LogP contribution >= 0.6 is 0 Å². The van der Waals surface area contributed by atoms with E-state index in [0.29, 0.717) is 12.6 Å². The normalized spacial score (nSPS) is 16.2. The van der Waals surface area contributed by atoms with E-state index in [2.05, 4.69) is 55.3 Å². The van der Waals surface area contributed by atoms with Crippen LogP contribution in [0.1, 0.15) is 44.2 Å². The Bertz CT molecular complexity index is 437. The molecular weight excluding hydrogens is 248 g/mol. The van der Waals surface area contributed by atoms with Crippen molar-refractivity contribution in [1.29, 1.82) is 0 Å². The number of rotatable bonds is 7. The molecule has 20 heavy (non-hydrogen) atoms. The molecule has 2 rings (SSSR count). The molecule has 0 saturated heterocycles. The van der Waals surface area contributed by atoms with Gasteiger partial charge in [-0.05, 0) is 38.7 Å². The molecule has 1 fully saturated rings. The van der Waals surface area contributed by atoms with Gasteiger partial charge in [0.1, 0.15) is 0 Å². The third kappa shape index (κ3) is 4.64. The van der Waals surface area contributed by atoms with Gasteiger partial charge in [-0.1, -0.05) is 36.8 Å². The summed E-state index contributed by atoms with van der Waals surface area (Å²) < 4.78 is 0. The van der Waals surface area contributed by atoms with Crippen LogP contribution < -0.4 is 5.32 Å². The number of nitrogens with one attached hydrogen (secondary N) is 1. The predicted octanol–water partition coefficient (Wildman–Crippen LogP) is 2.87. The molecule has 1 aliphatic carbocycles. The second-order valence-corrected chi connectivity index (χ2v) is 6.00. The van der Waals surface area contributed by atoms with E-state index in [1.807, 2.05) is 0 Å². The standard InChI is InChI=1S/C17H26N2O/c1-4-14(3)18-17(20)12-19(16-9-10-16)11-15-7-5-13(2)6-8-15/h5-8,14,16H,4,9-12H2,1-3H3,(H,18,20)/t14-/m0/s1. The second kappa shape index (κ2) is 6.89. The van der Waals surface area contributed by atoms with Crippen molar-refractivity contribution in [3.05, 3.63) is 35.4 Å². The average Bonchev–Trinajstić information content (AvgIpc) is 3.24. The zero-order valence-electron chi connectivity index (χ0n) is 12.9. The van der Waals surface area contributed by atoms with E-state index in [4.69, 9.17) is 0 Å². The van der Waals surface area contributed by atoms with E-state index in [1.165, 1.54) is 24.0 Å². The number of carbonyl (C=O) groups excluding carboxylic acids is 1. The molecule has 110 valence electrons. The van der Waals surface area contributed by atoms with Gasteiger partial charge in [-0.25, -0.2) is 0 Å². The number of hydrogen-bond donors (Lipinski definition) is 1. The molecule has 0 radical (unpaired) electrons. The SMILES string of the molecule is CC[C@H](C)NC(=O)CN(Cc1ccc(C)cc1)C1CC1. The van der Waals surface area contributed by atoms with E-state index < -0.39 is 0 Å². The van der Waals surface area contributed by atoms with Crippen molar-refractivity contribution in [1.82, 2.24) is 10.2 Å². The number of hydrogen-bond acceptors (Lipinski definition) is 2. The fraction of sp³-hybridized carbons (Fsp3) is 0.588. The molecule has 1 aromatic rings. The fourth-order valence-electron chi connectivity index (χ4n) is 2.29. The molecular formula is C17H26N2O. The molecule has 1 saturated carbocycles. The third-order valence-electron chi connectivity index (χ3n) is 3.94. The van der Waals surface area contributed by atoms with Gasteiger partial charge in [0, 0.05) is 18.6 Å². The summed E-state index contributed by atoms with van der Waals surface area (Å²) in [4.78, 5) is 14.4. The quantitative estimate of drug-likeness (QED) is 0.829. The van der Waals surface area contributed by atoms with Crippen LogP contribution in [-0.4, -0.2) is 29.4 Å². The van der Waals surface area contributed by atoms with Crippen LogP contribution in [-0.2, 0) is 11.3 Å². The molecule has 0 aromatic heterocycles. The Balaban J connectivity index is 1.90. The summed E-state index contributed by atoms with van der Waals surface area (Å²) in [6, 6.07) is 9.47. The van der Waals surface area contributed by atoms with Crippen molar-refractivity contribution in [2.45, 2.75) is 58.7 Å². The van der Waals surface area contributed by atoms with Crippen molar-refractivity contribution in [2.75, 3.05) is 6.54 Å². The maximum atomic E-state index is 12.0. The van der Waals surface area contributed by atoms with Gasteiger partial charge >= 0.3 is 0 Å². The minimum Gasteiger partial charge on any atom is -0.353 e. The first-order chi connectivity index (χ1) is 9.58. The molecule has 3 nitrogen and oxygen atoms in total. The Morgan fingerprint density at radius 2 is 2.00 bits per heavy atom. The number of nitrogens with zero attached hydrogens (tertiary/aromatic N) is 1.